The van der Waals surface area contributed by atoms with E-state index >= 15 is 0 Å². The number of rotatable bonds is 6. The Morgan fingerprint density at radius 2 is 1.72 bits per heavy atom. The van der Waals surface area contributed by atoms with Gasteiger partial charge in [-0.25, -0.2) is 0 Å². The summed E-state index contributed by atoms with van der Waals surface area (Å²) >= 11 is 0. The van der Waals surface area contributed by atoms with Crippen molar-refractivity contribution in [3.05, 3.63) is 0 Å². The van der Waals surface area contributed by atoms with Crippen LogP contribution in [0.15, 0.2) is 0 Å². The monoisotopic (exact) mass is 259 g/mol. The van der Waals surface area contributed by atoms with Crippen LogP contribution in [0.1, 0.15) is 40.5 Å². The highest BCUT2D eigenvalue weighted by Gasteiger charge is 2.28. The molecule has 6 nitrogen and oxygen atoms in total. The highest BCUT2D eigenvalue weighted by Crippen LogP contribution is 2.15. The Hall–Kier alpha value is -1.43. The highest BCUT2D eigenvalue weighted by atomic mass is 16.6. The van der Waals surface area contributed by atoms with Gasteiger partial charge >= 0.3 is 11.9 Å². The molecule has 2 atom stereocenters. The van der Waals surface area contributed by atoms with Crippen molar-refractivity contribution in [3.63, 3.8) is 0 Å². The van der Waals surface area contributed by atoms with Crippen molar-refractivity contribution in [1.29, 1.82) is 0 Å². The second kappa shape index (κ2) is 6.49. The van der Waals surface area contributed by atoms with Gasteiger partial charge in [-0.3, -0.25) is 14.4 Å². The third kappa shape index (κ3) is 7.01. The predicted octanol–water partition coefficient (Wildman–Crippen LogP) is 0.725. The van der Waals surface area contributed by atoms with E-state index in [2.05, 4.69) is 0 Å². The molecule has 0 fully saturated rings. The second-order valence-electron chi connectivity index (χ2n) is 5.28. The van der Waals surface area contributed by atoms with E-state index in [1.807, 2.05) is 0 Å². The maximum absolute atomic E-state index is 11.5. The van der Waals surface area contributed by atoms with Gasteiger partial charge in [0, 0.05) is 6.42 Å². The fourth-order valence-electron chi connectivity index (χ4n) is 1.26. The molecule has 0 rings (SSSR count). The van der Waals surface area contributed by atoms with E-state index in [0.717, 1.165) is 0 Å². The Morgan fingerprint density at radius 1 is 1.22 bits per heavy atom. The summed E-state index contributed by atoms with van der Waals surface area (Å²) < 4.78 is 5.02. The van der Waals surface area contributed by atoms with E-state index in [9.17, 15) is 14.4 Å². The van der Waals surface area contributed by atoms with E-state index < -0.39 is 29.5 Å². The summed E-state index contributed by atoms with van der Waals surface area (Å²) in [6.45, 7) is 6.55. The second-order valence-corrected chi connectivity index (χ2v) is 5.28. The van der Waals surface area contributed by atoms with Crippen molar-refractivity contribution in [2.75, 3.05) is 0 Å². The van der Waals surface area contributed by atoms with Gasteiger partial charge in [-0.1, -0.05) is 0 Å². The van der Waals surface area contributed by atoms with E-state index in [4.69, 9.17) is 15.6 Å². The molecule has 0 aliphatic carbocycles. The van der Waals surface area contributed by atoms with Crippen molar-refractivity contribution < 1.29 is 24.2 Å². The van der Waals surface area contributed by atoms with Crippen molar-refractivity contribution in [2.45, 2.75) is 52.2 Å². The van der Waals surface area contributed by atoms with Gasteiger partial charge in [0.1, 0.15) is 11.4 Å². The molecule has 0 aromatic heterocycles. The van der Waals surface area contributed by atoms with Crippen LogP contribution in [0.4, 0.5) is 0 Å². The Labute approximate surface area is 106 Å². The summed E-state index contributed by atoms with van der Waals surface area (Å²) in [6, 6.07) is -0.731. The van der Waals surface area contributed by atoms with E-state index in [-0.39, 0.29) is 18.6 Å². The third-order valence-corrected chi connectivity index (χ3v) is 2.14. The number of hydrogen-bond donors (Lipinski definition) is 2. The molecule has 0 heterocycles. The number of esters is 1. The van der Waals surface area contributed by atoms with Crippen LogP contribution < -0.4 is 5.73 Å². The van der Waals surface area contributed by atoms with Gasteiger partial charge < -0.3 is 15.6 Å². The quantitative estimate of drug-likeness (QED) is 0.681. The Balaban J connectivity index is 4.51. The first-order valence-corrected chi connectivity index (χ1v) is 5.76. The number of nitrogens with two attached hydrogens (primary N) is 1. The van der Waals surface area contributed by atoms with Crippen molar-refractivity contribution in [2.24, 2.45) is 11.7 Å². The van der Waals surface area contributed by atoms with Crippen LogP contribution in [-0.4, -0.2) is 34.5 Å². The third-order valence-electron chi connectivity index (χ3n) is 2.14. The molecular formula is C12H21NO5. The topological polar surface area (TPSA) is 107 Å². The molecule has 6 heteroatoms. The van der Waals surface area contributed by atoms with E-state index in [0.29, 0.717) is 0 Å². The van der Waals surface area contributed by atoms with Crippen molar-refractivity contribution in [1.82, 2.24) is 0 Å². The zero-order valence-corrected chi connectivity index (χ0v) is 11.2. The van der Waals surface area contributed by atoms with Crippen LogP contribution >= 0.6 is 0 Å². The number of carbonyl (C=O) groups excluding carboxylic acids is 2. The molecular weight excluding hydrogens is 238 g/mol. The minimum atomic E-state index is -1.20. The minimum absolute atomic E-state index is 0.258. The van der Waals surface area contributed by atoms with Gasteiger partial charge in [-0.05, 0) is 27.7 Å². The number of ketones is 1. The summed E-state index contributed by atoms with van der Waals surface area (Å²) in [4.78, 5) is 33.8. The van der Waals surface area contributed by atoms with Crippen LogP contribution in [0.2, 0.25) is 0 Å². The molecule has 104 valence electrons. The van der Waals surface area contributed by atoms with Gasteiger partial charge in [-0.15, -0.1) is 0 Å². The summed E-state index contributed by atoms with van der Waals surface area (Å²) in [5.74, 6) is -3.30. The first kappa shape index (κ1) is 16.6. The van der Waals surface area contributed by atoms with Crippen LogP contribution in [0.5, 0.6) is 0 Å². The van der Waals surface area contributed by atoms with Gasteiger partial charge in [0.05, 0.1) is 18.4 Å². The molecule has 0 aliphatic rings. The number of hydrogen-bond acceptors (Lipinski definition) is 5. The predicted molar refractivity (Wildman–Crippen MR) is 64.9 cm³/mol. The summed E-state index contributed by atoms with van der Waals surface area (Å²) in [5.41, 5.74) is 4.68. The average Bonchev–Trinajstić information content (AvgIpc) is 2.12. The molecule has 0 radical (unpaired) electrons. The Bertz CT molecular complexity index is 330. The summed E-state index contributed by atoms with van der Waals surface area (Å²) in [5, 5.41) is 8.95. The minimum Gasteiger partial charge on any atom is -0.481 e. The van der Waals surface area contributed by atoms with E-state index in [1.165, 1.54) is 6.92 Å². The molecule has 0 saturated carbocycles. The van der Waals surface area contributed by atoms with E-state index in [1.54, 1.807) is 20.8 Å². The number of Topliss-reactive ketones (excluding diaryl/α,β-unsaturated/α-hetero) is 1. The molecule has 18 heavy (non-hydrogen) atoms. The fraction of sp³-hybridized carbons (Fsp3) is 0.750. The number of carboxylic acid groups (broad SMARTS) is 1. The van der Waals surface area contributed by atoms with Crippen LogP contribution in [0.3, 0.4) is 0 Å². The molecule has 3 N–H and O–H groups in total. The molecule has 0 unspecified atom stereocenters. The summed E-state index contributed by atoms with van der Waals surface area (Å²) in [7, 11) is 0. The van der Waals surface area contributed by atoms with Crippen molar-refractivity contribution >= 4 is 17.7 Å². The Morgan fingerprint density at radius 3 is 2.06 bits per heavy atom. The molecule has 0 aromatic rings. The number of carbonyl (C=O) groups is 3. The molecule has 0 aliphatic heterocycles. The van der Waals surface area contributed by atoms with Crippen molar-refractivity contribution in [3.8, 4) is 0 Å². The lowest BCUT2D eigenvalue weighted by Crippen LogP contribution is -2.32. The van der Waals surface area contributed by atoms with Crippen LogP contribution in [-0.2, 0) is 19.1 Å². The number of aliphatic carboxylic acids is 1. The smallest absolute Gasteiger partial charge is 0.307 e. The van der Waals surface area contributed by atoms with Crippen LogP contribution in [0.25, 0.3) is 0 Å². The molecule has 0 spiro atoms. The number of carboxylic acids is 1. The van der Waals surface area contributed by atoms with Gasteiger partial charge in [0.25, 0.3) is 0 Å². The lowest BCUT2D eigenvalue weighted by atomic mass is 9.96. The molecule has 0 aromatic carbocycles. The number of ether oxygens (including phenoxy) is 1. The average molecular weight is 259 g/mol. The highest BCUT2D eigenvalue weighted by molar-refractivity contribution is 5.89. The van der Waals surface area contributed by atoms with Gasteiger partial charge in [0.15, 0.2) is 0 Å². The maximum Gasteiger partial charge on any atom is 0.307 e. The maximum atomic E-state index is 11.5. The Kier molecular flexibility index (Phi) is 5.97. The normalized spacial score (nSPS) is 14.7. The SMILES string of the molecule is C[C@H](N)C(=O)C[C@@H](CC(=O)OC(C)(C)C)C(=O)O. The molecule has 0 amide bonds. The van der Waals surface area contributed by atoms with Crippen LogP contribution in [0, 0.1) is 5.92 Å². The zero-order chi connectivity index (χ0) is 14.5. The fourth-order valence-corrected chi connectivity index (χ4v) is 1.26. The lowest BCUT2D eigenvalue weighted by Gasteiger charge is -2.21. The molecule has 0 saturated heterocycles. The van der Waals surface area contributed by atoms with Gasteiger partial charge in [-0.2, -0.15) is 0 Å². The van der Waals surface area contributed by atoms with Gasteiger partial charge in [0.2, 0.25) is 0 Å². The first-order chi connectivity index (χ1) is 8.03. The summed E-state index contributed by atoms with van der Waals surface area (Å²) in [6.07, 6.45) is -0.586. The zero-order valence-electron chi connectivity index (χ0n) is 11.2. The molecule has 0 bridgehead atoms. The lowest BCUT2D eigenvalue weighted by molar-refractivity contribution is -0.160. The standard InChI is InChI=1S/C12H21NO5/c1-7(13)9(14)5-8(11(16)17)6-10(15)18-12(2,3)4/h7-8H,5-6,13H2,1-4H3,(H,16,17)/t7-,8-/m0/s1. The first-order valence-electron chi connectivity index (χ1n) is 5.76. The largest absolute Gasteiger partial charge is 0.481 e.